The van der Waals surface area contributed by atoms with E-state index in [0.717, 1.165) is 23.5 Å². The first-order valence-corrected chi connectivity index (χ1v) is 8.04. The van der Waals surface area contributed by atoms with Crippen molar-refractivity contribution < 1.29 is 4.74 Å². The molecule has 0 spiro atoms. The fourth-order valence-electron chi connectivity index (χ4n) is 2.13. The minimum Gasteiger partial charge on any atom is -0.495 e. The summed E-state index contributed by atoms with van der Waals surface area (Å²) in [5, 5.41) is 7.33. The van der Waals surface area contributed by atoms with Crippen molar-refractivity contribution in [1.82, 2.24) is 9.97 Å². The minimum absolute atomic E-state index is 0.351. The van der Waals surface area contributed by atoms with Crippen LogP contribution in [0.3, 0.4) is 0 Å². The fraction of sp³-hybridized carbons (Fsp3) is 0.412. The highest BCUT2D eigenvalue weighted by Crippen LogP contribution is 2.33. The lowest BCUT2D eigenvalue weighted by Crippen LogP contribution is -2.15. The largest absolute Gasteiger partial charge is 0.495 e. The van der Waals surface area contributed by atoms with Gasteiger partial charge < -0.3 is 15.4 Å². The van der Waals surface area contributed by atoms with Crippen LogP contribution in [0, 0.1) is 13.8 Å². The third-order valence-corrected chi connectivity index (χ3v) is 4.00. The number of anilines is 3. The molecule has 0 aliphatic heterocycles. The summed E-state index contributed by atoms with van der Waals surface area (Å²) in [7, 11) is 1.62. The Bertz CT molecular complexity index is 691. The van der Waals surface area contributed by atoms with E-state index in [1.54, 1.807) is 13.2 Å². The zero-order valence-corrected chi connectivity index (χ0v) is 15.0. The van der Waals surface area contributed by atoms with Crippen LogP contribution in [0.4, 0.5) is 17.3 Å². The molecular weight excluding hydrogens is 312 g/mol. The molecule has 0 bridgehead atoms. The number of nitrogens with zero attached hydrogens (tertiary/aromatic N) is 2. The summed E-state index contributed by atoms with van der Waals surface area (Å²) in [5.41, 5.74) is 1.79. The van der Waals surface area contributed by atoms with Gasteiger partial charge in [0.2, 0.25) is 0 Å². The van der Waals surface area contributed by atoms with Crippen LogP contribution in [-0.2, 0) is 0 Å². The van der Waals surface area contributed by atoms with Crippen LogP contribution in [0.15, 0.2) is 18.2 Å². The Kier molecular flexibility index (Phi) is 5.66. The number of aryl methyl sites for hydroxylation is 2. The second-order valence-electron chi connectivity index (χ2n) is 5.57. The van der Waals surface area contributed by atoms with Crippen molar-refractivity contribution in [3.8, 4) is 5.75 Å². The highest BCUT2D eigenvalue weighted by atomic mass is 35.5. The van der Waals surface area contributed by atoms with E-state index in [1.165, 1.54) is 0 Å². The van der Waals surface area contributed by atoms with E-state index in [1.807, 2.05) is 26.0 Å². The molecule has 1 aromatic carbocycles. The van der Waals surface area contributed by atoms with Crippen LogP contribution in [0.25, 0.3) is 0 Å². The quantitative estimate of drug-likeness (QED) is 0.801. The molecule has 0 aliphatic rings. The van der Waals surface area contributed by atoms with E-state index in [0.29, 0.717) is 28.5 Å². The Hall–Kier alpha value is -2.01. The molecule has 2 aromatic rings. The maximum atomic E-state index is 6.15. The van der Waals surface area contributed by atoms with Crippen molar-refractivity contribution >= 4 is 28.9 Å². The molecule has 1 aromatic heterocycles. The first-order chi connectivity index (χ1) is 10.9. The monoisotopic (exact) mass is 334 g/mol. The third-order valence-electron chi connectivity index (χ3n) is 3.59. The number of halogens is 1. The number of aromatic nitrogens is 2. The molecule has 23 heavy (non-hydrogen) atoms. The molecule has 5 nitrogen and oxygen atoms in total. The zero-order valence-electron chi connectivity index (χ0n) is 14.2. The smallest absolute Gasteiger partial charge is 0.143 e. The van der Waals surface area contributed by atoms with Crippen molar-refractivity contribution in [1.29, 1.82) is 0 Å². The second-order valence-corrected chi connectivity index (χ2v) is 5.97. The number of methoxy groups -OCH3 is 1. The van der Waals surface area contributed by atoms with Crippen molar-refractivity contribution in [2.75, 3.05) is 17.7 Å². The predicted molar refractivity (Wildman–Crippen MR) is 96.2 cm³/mol. The summed E-state index contributed by atoms with van der Waals surface area (Å²) in [6.07, 6.45) is 1.02. The SMILES string of the molecule is CCC(C)Nc1cc(Nc2cc(C)c(Cl)cc2OC)nc(C)n1. The van der Waals surface area contributed by atoms with Gasteiger partial charge in [-0.1, -0.05) is 18.5 Å². The summed E-state index contributed by atoms with van der Waals surface area (Å²) in [4.78, 5) is 8.86. The van der Waals surface area contributed by atoms with E-state index in [4.69, 9.17) is 16.3 Å². The van der Waals surface area contributed by atoms with E-state index in [-0.39, 0.29) is 0 Å². The topological polar surface area (TPSA) is 59.1 Å². The molecule has 0 saturated heterocycles. The number of ether oxygens (including phenoxy) is 1. The number of nitrogens with one attached hydrogen (secondary N) is 2. The minimum atomic E-state index is 0.351. The first-order valence-electron chi connectivity index (χ1n) is 7.66. The highest BCUT2D eigenvalue weighted by Gasteiger charge is 2.10. The maximum absolute atomic E-state index is 6.15. The maximum Gasteiger partial charge on any atom is 0.143 e. The van der Waals surface area contributed by atoms with Crippen LogP contribution in [0.1, 0.15) is 31.7 Å². The predicted octanol–water partition coefficient (Wildman–Crippen LogP) is 4.71. The Labute approximate surface area is 142 Å². The molecule has 2 N–H and O–H groups in total. The molecule has 0 fully saturated rings. The lowest BCUT2D eigenvalue weighted by Gasteiger charge is -2.16. The second kappa shape index (κ2) is 7.51. The van der Waals surface area contributed by atoms with Crippen molar-refractivity contribution in [3.63, 3.8) is 0 Å². The van der Waals surface area contributed by atoms with Crippen LogP contribution < -0.4 is 15.4 Å². The van der Waals surface area contributed by atoms with Gasteiger partial charge in [0.25, 0.3) is 0 Å². The third kappa shape index (κ3) is 4.48. The van der Waals surface area contributed by atoms with E-state index < -0.39 is 0 Å². The van der Waals surface area contributed by atoms with Gasteiger partial charge >= 0.3 is 0 Å². The number of hydrogen-bond acceptors (Lipinski definition) is 5. The molecule has 0 amide bonds. The van der Waals surface area contributed by atoms with Crippen molar-refractivity contribution in [3.05, 3.63) is 34.6 Å². The lowest BCUT2D eigenvalue weighted by molar-refractivity contribution is 0.416. The Balaban J connectivity index is 2.31. The summed E-state index contributed by atoms with van der Waals surface area (Å²) in [6, 6.07) is 5.98. The standard InChI is InChI=1S/C17H23ClN4O/c1-6-11(3)19-16-9-17(21-12(4)20-16)22-14-7-10(2)13(18)8-15(14)23-5/h7-9,11H,6H2,1-5H3,(H2,19,20,21,22). The Morgan fingerprint density at radius 2 is 1.87 bits per heavy atom. The number of rotatable bonds is 6. The molecule has 0 saturated carbocycles. The summed E-state index contributed by atoms with van der Waals surface area (Å²) in [6.45, 7) is 8.08. The average Bonchev–Trinajstić information content (AvgIpc) is 2.50. The van der Waals surface area contributed by atoms with Crippen LogP contribution in [0.5, 0.6) is 5.75 Å². The van der Waals surface area contributed by atoms with Gasteiger partial charge in [-0.15, -0.1) is 0 Å². The van der Waals surface area contributed by atoms with E-state index >= 15 is 0 Å². The van der Waals surface area contributed by atoms with Gasteiger partial charge in [-0.25, -0.2) is 9.97 Å². The van der Waals surface area contributed by atoms with Gasteiger partial charge in [0.1, 0.15) is 23.2 Å². The molecule has 1 unspecified atom stereocenters. The molecule has 1 atom stereocenters. The van der Waals surface area contributed by atoms with Crippen molar-refractivity contribution in [2.24, 2.45) is 0 Å². The summed E-state index contributed by atoms with van der Waals surface area (Å²) in [5.74, 6) is 2.89. The molecular formula is C17H23ClN4O. The Morgan fingerprint density at radius 1 is 1.17 bits per heavy atom. The summed E-state index contributed by atoms with van der Waals surface area (Å²) < 4.78 is 5.39. The highest BCUT2D eigenvalue weighted by molar-refractivity contribution is 6.31. The average molecular weight is 335 g/mol. The number of hydrogen-bond donors (Lipinski definition) is 2. The van der Waals surface area contributed by atoms with Gasteiger partial charge in [-0.05, 0) is 38.8 Å². The van der Waals surface area contributed by atoms with E-state index in [9.17, 15) is 0 Å². The van der Waals surface area contributed by atoms with Gasteiger partial charge in [-0.3, -0.25) is 0 Å². The van der Waals surface area contributed by atoms with Gasteiger partial charge in [-0.2, -0.15) is 0 Å². The lowest BCUT2D eigenvalue weighted by atomic mass is 10.2. The number of benzene rings is 1. The molecule has 6 heteroatoms. The molecule has 124 valence electrons. The molecule has 0 radical (unpaired) electrons. The fourth-order valence-corrected chi connectivity index (χ4v) is 2.28. The van der Waals surface area contributed by atoms with Crippen LogP contribution in [-0.4, -0.2) is 23.1 Å². The normalized spacial score (nSPS) is 11.9. The molecule has 0 aliphatic carbocycles. The van der Waals surface area contributed by atoms with Gasteiger partial charge in [0.05, 0.1) is 12.8 Å². The first kappa shape index (κ1) is 17.3. The summed E-state index contributed by atoms with van der Waals surface area (Å²) >= 11 is 6.15. The Morgan fingerprint density at radius 3 is 2.52 bits per heavy atom. The molecule has 2 rings (SSSR count). The van der Waals surface area contributed by atoms with Gasteiger partial charge in [0, 0.05) is 23.2 Å². The van der Waals surface area contributed by atoms with Crippen LogP contribution >= 0.6 is 11.6 Å². The van der Waals surface area contributed by atoms with Crippen LogP contribution in [0.2, 0.25) is 5.02 Å². The molecule has 1 heterocycles. The van der Waals surface area contributed by atoms with Gasteiger partial charge in [0.15, 0.2) is 0 Å². The van der Waals surface area contributed by atoms with Crippen molar-refractivity contribution in [2.45, 2.75) is 40.2 Å². The van der Waals surface area contributed by atoms with E-state index in [2.05, 4.69) is 34.4 Å². The zero-order chi connectivity index (χ0) is 17.0.